The molecule has 0 saturated carbocycles. The lowest BCUT2D eigenvalue weighted by Crippen LogP contribution is -2.65. The van der Waals surface area contributed by atoms with Crippen LogP contribution in [0.2, 0.25) is 0 Å². The Bertz CT molecular complexity index is 1290. The van der Waals surface area contributed by atoms with Gasteiger partial charge in [0.25, 0.3) is 0 Å². The summed E-state index contributed by atoms with van der Waals surface area (Å²) in [6.07, 6.45) is -24.8. The zero-order valence-corrected chi connectivity index (χ0v) is 28.2. The maximum atomic E-state index is 11.7. The number of morpholine rings is 1. The number of carboxylic acids is 1. The molecule has 0 radical (unpaired) electrons. The molecular formula is C32H49NO19. The lowest BCUT2D eigenvalue weighted by atomic mass is 9.94. The number of hydrogen-bond donors (Lipinski definition) is 11. The monoisotopic (exact) mass is 751 g/mol. The minimum absolute atomic E-state index is 0.0364. The Kier molecular flexibility index (Phi) is 14.3. The average molecular weight is 752 g/mol. The molecule has 0 aromatic heterocycles. The number of nitrogens with zero attached hydrogens (tertiary/aromatic N) is 1. The highest BCUT2D eigenvalue weighted by Gasteiger charge is 2.51. The highest BCUT2D eigenvalue weighted by Crippen LogP contribution is 2.31. The van der Waals surface area contributed by atoms with Crippen molar-refractivity contribution in [3.8, 4) is 0 Å². The first-order valence-electron chi connectivity index (χ1n) is 16.9. The van der Waals surface area contributed by atoms with E-state index in [9.17, 15) is 61.0 Å². The Hall–Kier alpha value is -2.03. The van der Waals surface area contributed by atoms with Gasteiger partial charge in [0.15, 0.2) is 18.9 Å². The summed E-state index contributed by atoms with van der Waals surface area (Å²) in [5, 5.41) is 114. The Morgan fingerprint density at radius 1 is 0.712 bits per heavy atom. The van der Waals surface area contributed by atoms with Gasteiger partial charge in [0, 0.05) is 19.6 Å². The van der Waals surface area contributed by atoms with Crippen LogP contribution in [0, 0.1) is 0 Å². The first-order chi connectivity index (χ1) is 24.8. The molecule has 52 heavy (non-hydrogen) atoms. The van der Waals surface area contributed by atoms with Crippen molar-refractivity contribution < 1.29 is 94.1 Å². The van der Waals surface area contributed by atoms with E-state index in [1.807, 2.05) is 0 Å². The summed E-state index contributed by atoms with van der Waals surface area (Å²) in [6, 6.07) is 6.41. The second-order valence-corrected chi connectivity index (χ2v) is 13.3. The van der Waals surface area contributed by atoms with E-state index in [1.54, 1.807) is 23.1 Å². The molecule has 1 aromatic rings. The largest absolute Gasteiger partial charge is 0.478 e. The molecule has 4 aliphatic rings. The molecule has 11 N–H and O–H groups in total. The summed E-state index contributed by atoms with van der Waals surface area (Å²) in [4.78, 5) is 13.5. The third-order valence-corrected chi connectivity index (χ3v) is 9.68. The number of hydrogen-bond acceptors (Lipinski definition) is 19. The van der Waals surface area contributed by atoms with Crippen LogP contribution in [-0.4, -0.2) is 211 Å². The van der Waals surface area contributed by atoms with Crippen molar-refractivity contribution in [2.75, 3.05) is 39.5 Å². The topological polar surface area (TPSA) is 307 Å². The molecule has 4 saturated heterocycles. The number of benzene rings is 1. The quantitative estimate of drug-likeness (QED) is 0.0895. The fourth-order valence-electron chi connectivity index (χ4n) is 6.75. The molecule has 0 aliphatic carbocycles. The van der Waals surface area contributed by atoms with Crippen molar-refractivity contribution in [1.29, 1.82) is 0 Å². The van der Waals surface area contributed by atoms with Crippen molar-refractivity contribution in [3.05, 3.63) is 35.4 Å². The highest BCUT2D eigenvalue weighted by molar-refractivity contribution is 5.89. The third-order valence-electron chi connectivity index (χ3n) is 9.68. The van der Waals surface area contributed by atoms with Gasteiger partial charge in [0.1, 0.15) is 73.2 Å². The van der Waals surface area contributed by atoms with Crippen LogP contribution in [-0.2, 0) is 39.7 Å². The fourth-order valence-corrected chi connectivity index (χ4v) is 6.75. The predicted octanol–water partition coefficient (Wildman–Crippen LogP) is -5.56. The van der Waals surface area contributed by atoms with Crippen LogP contribution in [0.25, 0.3) is 0 Å². The third kappa shape index (κ3) is 9.08. The van der Waals surface area contributed by atoms with Gasteiger partial charge in [-0.15, -0.1) is 0 Å². The Morgan fingerprint density at radius 2 is 1.35 bits per heavy atom. The summed E-state index contributed by atoms with van der Waals surface area (Å²) in [7, 11) is 0. The molecule has 4 heterocycles. The summed E-state index contributed by atoms with van der Waals surface area (Å²) in [5.41, 5.74) is 0.595. The first kappa shape index (κ1) is 41.1. The van der Waals surface area contributed by atoms with Crippen LogP contribution in [0.5, 0.6) is 0 Å². The number of carbonyl (C=O) groups is 1. The summed E-state index contributed by atoms with van der Waals surface area (Å²) < 4.78 is 39.9. The smallest absolute Gasteiger partial charge is 0.336 e. The van der Waals surface area contributed by atoms with E-state index in [-0.39, 0.29) is 25.2 Å². The van der Waals surface area contributed by atoms with Crippen LogP contribution in [0.1, 0.15) is 22.8 Å². The van der Waals surface area contributed by atoms with Gasteiger partial charge in [-0.2, -0.15) is 0 Å². The molecule has 0 bridgehead atoms. The lowest BCUT2D eigenvalue weighted by molar-refractivity contribution is -0.352. The molecule has 1 aromatic carbocycles. The Morgan fingerprint density at radius 3 is 2.02 bits per heavy atom. The summed E-state index contributed by atoms with van der Waals surface area (Å²) in [5.74, 6) is -1.11. The van der Waals surface area contributed by atoms with E-state index < -0.39 is 137 Å². The molecule has 0 spiro atoms. The van der Waals surface area contributed by atoms with Gasteiger partial charge in [0.2, 0.25) is 0 Å². The van der Waals surface area contributed by atoms with Crippen molar-refractivity contribution in [3.63, 3.8) is 0 Å². The van der Waals surface area contributed by atoms with Gasteiger partial charge < -0.3 is 89.3 Å². The van der Waals surface area contributed by atoms with E-state index in [2.05, 4.69) is 0 Å². The van der Waals surface area contributed by atoms with E-state index in [0.29, 0.717) is 5.56 Å². The number of carboxylic acid groups (broad SMARTS) is 1. The Labute approximate surface area is 297 Å². The van der Waals surface area contributed by atoms with Crippen molar-refractivity contribution >= 4 is 5.97 Å². The number of aliphatic hydroxyl groups is 10. The molecule has 0 amide bonds. The van der Waals surface area contributed by atoms with E-state index >= 15 is 0 Å². The minimum atomic E-state index is -1.82. The van der Waals surface area contributed by atoms with Crippen LogP contribution in [0.15, 0.2) is 24.3 Å². The van der Waals surface area contributed by atoms with E-state index in [1.165, 1.54) is 13.0 Å². The van der Waals surface area contributed by atoms with Gasteiger partial charge in [0.05, 0.1) is 44.2 Å². The lowest BCUT2D eigenvalue weighted by Gasteiger charge is -2.47. The van der Waals surface area contributed by atoms with Gasteiger partial charge in [-0.25, -0.2) is 4.79 Å². The standard InChI is InChI=1S/C32H49NO19/c1-13-21(37)28(52-32-26(42)25(41)22(38)17(10-35)50-32)24(40)19(47-13)12-46-31-27(43)29(23(39)18(11-36)49-31)51-20-8-33(7-15(9-34)48-20)6-14-4-2-3-5-16(14)30(44)45/h2-5,13,15,17-29,31-32,34-43H,6-12H2,1H3,(H,44,45). The van der Waals surface area contributed by atoms with Crippen molar-refractivity contribution in [2.24, 2.45) is 0 Å². The molecule has 296 valence electrons. The number of ether oxygens (including phenoxy) is 7. The van der Waals surface area contributed by atoms with Gasteiger partial charge in [-0.3, -0.25) is 4.90 Å². The average Bonchev–Trinajstić information content (AvgIpc) is 3.13. The predicted molar refractivity (Wildman–Crippen MR) is 168 cm³/mol. The molecular weight excluding hydrogens is 702 g/mol. The number of rotatable bonds is 13. The van der Waals surface area contributed by atoms with Crippen LogP contribution in [0.3, 0.4) is 0 Å². The normalized spacial score (nSPS) is 43.3. The number of aliphatic hydroxyl groups excluding tert-OH is 10. The first-order valence-corrected chi connectivity index (χ1v) is 16.9. The maximum absolute atomic E-state index is 11.7. The highest BCUT2D eigenvalue weighted by atomic mass is 16.7. The van der Waals surface area contributed by atoms with Crippen molar-refractivity contribution in [1.82, 2.24) is 4.90 Å². The second-order valence-electron chi connectivity index (χ2n) is 13.3. The van der Waals surface area contributed by atoms with E-state index in [0.717, 1.165) is 0 Å². The van der Waals surface area contributed by atoms with Gasteiger partial charge >= 0.3 is 5.97 Å². The fraction of sp³-hybridized carbons (Fsp3) is 0.781. The van der Waals surface area contributed by atoms with Gasteiger partial charge in [-0.05, 0) is 18.6 Å². The van der Waals surface area contributed by atoms with Crippen LogP contribution < -0.4 is 0 Å². The van der Waals surface area contributed by atoms with E-state index in [4.69, 9.17) is 33.2 Å². The molecule has 17 unspecified atom stereocenters. The maximum Gasteiger partial charge on any atom is 0.336 e. The molecule has 4 aliphatic heterocycles. The van der Waals surface area contributed by atoms with Crippen LogP contribution in [0.4, 0.5) is 0 Å². The van der Waals surface area contributed by atoms with Crippen LogP contribution >= 0.6 is 0 Å². The molecule has 17 atom stereocenters. The Balaban J connectivity index is 1.24. The second kappa shape index (κ2) is 18.1. The van der Waals surface area contributed by atoms with Gasteiger partial charge in [-0.1, -0.05) is 18.2 Å². The zero-order valence-electron chi connectivity index (χ0n) is 28.2. The molecule has 4 fully saturated rings. The molecule has 20 heteroatoms. The number of aromatic carboxylic acids is 1. The SMILES string of the molecule is CC1OC(COC2OC(CO)C(O)C(OC3CN(Cc4ccccc4C(=O)O)CC(CO)O3)C2O)C(O)C(OC2OC(CO)C(O)C(O)C2O)C1O. The zero-order chi connectivity index (χ0) is 37.9. The minimum Gasteiger partial charge on any atom is -0.478 e. The molecule has 20 nitrogen and oxygen atoms in total. The molecule has 5 rings (SSSR count). The van der Waals surface area contributed by atoms with Crippen molar-refractivity contribution in [2.45, 2.75) is 118 Å². The summed E-state index contributed by atoms with van der Waals surface area (Å²) in [6.45, 7) is -0.531. The summed E-state index contributed by atoms with van der Waals surface area (Å²) >= 11 is 0.